The molecule has 8 heteroatoms. The number of esters is 1. The molecule has 0 heterocycles. The van der Waals surface area contributed by atoms with Crippen molar-refractivity contribution < 1.29 is 28.6 Å². The van der Waals surface area contributed by atoms with Crippen molar-refractivity contribution in [1.29, 1.82) is 0 Å². The average molecular weight is 386 g/mol. The maximum Gasteiger partial charge on any atom is 0.342 e. The lowest BCUT2D eigenvalue weighted by molar-refractivity contribution is -0.127. The molecule has 0 saturated carbocycles. The standard InChI is InChI=1S/C20H22N2O6/c1-13(18(23)22-20(25)21-12-14-7-5-4-6-8-14)28-19(24)16-10-9-15(26-2)11-17(16)27-3/h4-11,13H,12H2,1-3H3,(H2,21,22,23,25). The summed E-state index contributed by atoms with van der Waals surface area (Å²) < 4.78 is 15.3. The third kappa shape index (κ3) is 5.73. The van der Waals surface area contributed by atoms with Crippen molar-refractivity contribution in [3.8, 4) is 11.5 Å². The monoisotopic (exact) mass is 386 g/mol. The van der Waals surface area contributed by atoms with Gasteiger partial charge in [0.15, 0.2) is 6.10 Å². The van der Waals surface area contributed by atoms with Crippen LogP contribution in [-0.4, -0.2) is 38.2 Å². The maximum atomic E-state index is 12.3. The van der Waals surface area contributed by atoms with Crippen LogP contribution >= 0.6 is 0 Å². The Morgan fingerprint density at radius 2 is 1.71 bits per heavy atom. The van der Waals surface area contributed by atoms with Gasteiger partial charge in [-0.25, -0.2) is 9.59 Å². The number of carbonyl (C=O) groups is 3. The highest BCUT2D eigenvalue weighted by molar-refractivity contribution is 5.99. The fourth-order valence-corrected chi connectivity index (χ4v) is 2.28. The van der Waals surface area contributed by atoms with Crippen LogP contribution < -0.4 is 20.1 Å². The third-order valence-electron chi connectivity index (χ3n) is 3.81. The van der Waals surface area contributed by atoms with Gasteiger partial charge >= 0.3 is 12.0 Å². The van der Waals surface area contributed by atoms with E-state index in [9.17, 15) is 14.4 Å². The van der Waals surface area contributed by atoms with Crippen molar-refractivity contribution in [3.05, 3.63) is 59.7 Å². The molecule has 2 aromatic rings. The number of nitrogens with one attached hydrogen (secondary N) is 2. The minimum atomic E-state index is -1.18. The highest BCUT2D eigenvalue weighted by Crippen LogP contribution is 2.25. The molecule has 2 N–H and O–H groups in total. The van der Waals surface area contributed by atoms with Crippen LogP contribution in [0.5, 0.6) is 11.5 Å². The van der Waals surface area contributed by atoms with Gasteiger partial charge < -0.3 is 19.5 Å². The smallest absolute Gasteiger partial charge is 0.342 e. The molecule has 2 aromatic carbocycles. The van der Waals surface area contributed by atoms with Crippen LogP contribution in [0.3, 0.4) is 0 Å². The Bertz CT molecular complexity index is 838. The number of imide groups is 1. The van der Waals surface area contributed by atoms with Gasteiger partial charge in [-0.05, 0) is 24.6 Å². The lowest BCUT2D eigenvalue weighted by atomic mass is 10.2. The molecule has 0 bridgehead atoms. The number of rotatable bonds is 7. The predicted octanol–water partition coefficient (Wildman–Crippen LogP) is 2.28. The SMILES string of the molecule is COc1ccc(C(=O)OC(C)C(=O)NC(=O)NCc2ccccc2)c(OC)c1. The third-order valence-corrected chi connectivity index (χ3v) is 3.81. The van der Waals surface area contributed by atoms with Gasteiger partial charge in [0.2, 0.25) is 0 Å². The van der Waals surface area contributed by atoms with Gasteiger partial charge in [0.25, 0.3) is 5.91 Å². The minimum Gasteiger partial charge on any atom is -0.497 e. The molecule has 3 amide bonds. The van der Waals surface area contributed by atoms with Crippen molar-refractivity contribution >= 4 is 17.9 Å². The first-order valence-corrected chi connectivity index (χ1v) is 8.50. The van der Waals surface area contributed by atoms with E-state index in [0.717, 1.165) is 5.56 Å². The number of benzene rings is 2. The van der Waals surface area contributed by atoms with Gasteiger partial charge in [0.1, 0.15) is 17.1 Å². The fraction of sp³-hybridized carbons (Fsp3) is 0.250. The zero-order valence-electron chi connectivity index (χ0n) is 15.9. The summed E-state index contributed by atoms with van der Waals surface area (Å²) in [5, 5.41) is 4.69. The Kier molecular flexibility index (Phi) is 7.38. The second kappa shape index (κ2) is 9.96. The predicted molar refractivity (Wildman–Crippen MR) is 101 cm³/mol. The van der Waals surface area contributed by atoms with Crippen LogP contribution in [0.2, 0.25) is 0 Å². The van der Waals surface area contributed by atoms with Crippen molar-refractivity contribution in [2.24, 2.45) is 0 Å². The summed E-state index contributed by atoms with van der Waals surface area (Å²) in [5.74, 6) is -0.745. The van der Waals surface area contributed by atoms with E-state index >= 15 is 0 Å². The lowest BCUT2D eigenvalue weighted by Gasteiger charge is -2.15. The van der Waals surface area contributed by atoms with Gasteiger partial charge in [-0.15, -0.1) is 0 Å². The molecule has 0 aliphatic carbocycles. The zero-order valence-corrected chi connectivity index (χ0v) is 15.9. The highest BCUT2D eigenvalue weighted by atomic mass is 16.5. The Balaban J connectivity index is 1.89. The van der Waals surface area contributed by atoms with E-state index in [-0.39, 0.29) is 17.9 Å². The highest BCUT2D eigenvalue weighted by Gasteiger charge is 2.23. The van der Waals surface area contributed by atoms with Gasteiger partial charge in [-0.1, -0.05) is 30.3 Å². The van der Waals surface area contributed by atoms with Crippen LogP contribution in [0.25, 0.3) is 0 Å². The van der Waals surface area contributed by atoms with Crippen LogP contribution in [0.4, 0.5) is 4.79 Å². The molecule has 0 radical (unpaired) electrons. The molecule has 0 saturated heterocycles. The quantitative estimate of drug-likeness (QED) is 0.708. The molecule has 0 spiro atoms. The van der Waals surface area contributed by atoms with E-state index < -0.39 is 24.0 Å². The van der Waals surface area contributed by atoms with Crippen molar-refractivity contribution in [1.82, 2.24) is 10.6 Å². The fourth-order valence-electron chi connectivity index (χ4n) is 2.28. The van der Waals surface area contributed by atoms with Gasteiger partial charge in [-0.2, -0.15) is 0 Å². The number of hydrogen-bond acceptors (Lipinski definition) is 6. The molecule has 1 unspecified atom stereocenters. The van der Waals surface area contributed by atoms with Gasteiger partial charge in [-0.3, -0.25) is 10.1 Å². The lowest BCUT2D eigenvalue weighted by Crippen LogP contribution is -2.44. The molecule has 0 aliphatic heterocycles. The molecular formula is C20H22N2O6. The molecule has 28 heavy (non-hydrogen) atoms. The summed E-state index contributed by atoms with van der Waals surface area (Å²) in [7, 11) is 2.89. The number of hydrogen-bond donors (Lipinski definition) is 2. The normalized spacial score (nSPS) is 11.1. The molecule has 2 rings (SSSR count). The van der Waals surface area contributed by atoms with E-state index in [0.29, 0.717) is 5.75 Å². The zero-order chi connectivity index (χ0) is 20.5. The minimum absolute atomic E-state index is 0.136. The van der Waals surface area contributed by atoms with E-state index in [1.807, 2.05) is 30.3 Å². The topological polar surface area (TPSA) is 103 Å². The van der Waals surface area contributed by atoms with E-state index in [2.05, 4.69) is 10.6 Å². The second-order valence-electron chi connectivity index (χ2n) is 5.77. The largest absolute Gasteiger partial charge is 0.497 e. The molecule has 0 aromatic heterocycles. The number of amides is 3. The Labute approximate surface area is 162 Å². The Morgan fingerprint density at radius 1 is 1.00 bits per heavy atom. The van der Waals surface area contributed by atoms with E-state index in [1.165, 1.54) is 33.3 Å². The summed E-state index contributed by atoms with van der Waals surface area (Å²) in [4.78, 5) is 36.2. The molecule has 1 atom stereocenters. The number of carbonyl (C=O) groups excluding carboxylic acids is 3. The molecule has 0 aliphatic rings. The number of urea groups is 1. The summed E-state index contributed by atoms with van der Waals surface area (Å²) >= 11 is 0. The Hall–Kier alpha value is -3.55. The first-order valence-electron chi connectivity index (χ1n) is 8.50. The van der Waals surface area contributed by atoms with Crippen molar-refractivity contribution in [2.45, 2.75) is 19.6 Å². The van der Waals surface area contributed by atoms with Crippen LogP contribution in [0, 0.1) is 0 Å². The summed E-state index contributed by atoms with van der Waals surface area (Å²) in [6.07, 6.45) is -1.18. The van der Waals surface area contributed by atoms with Crippen molar-refractivity contribution in [3.63, 3.8) is 0 Å². The molecular weight excluding hydrogens is 364 g/mol. The molecule has 8 nitrogen and oxygen atoms in total. The summed E-state index contributed by atoms with van der Waals surface area (Å²) in [6.45, 7) is 1.63. The second-order valence-corrected chi connectivity index (χ2v) is 5.77. The van der Waals surface area contributed by atoms with Crippen molar-refractivity contribution in [2.75, 3.05) is 14.2 Å². The average Bonchev–Trinajstić information content (AvgIpc) is 2.72. The summed E-state index contributed by atoms with van der Waals surface area (Å²) in [5.41, 5.74) is 1.02. The first kappa shape index (κ1) is 20.8. The molecule has 148 valence electrons. The van der Waals surface area contributed by atoms with Crippen LogP contribution in [0.1, 0.15) is 22.8 Å². The molecule has 0 fully saturated rings. The summed E-state index contributed by atoms with van der Waals surface area (Å²) in [6, 6.07) is 13.1. The van der Waals surface area contributed by atoms with Crippen LogP contribution in [-0.2, 0) is 16.1 Å². The van der Waals surface area contributed by atoms with Gasteiger partial charge in [0.05, 0.1) is 14.2 Å². The number of methoxy groups -OCH3 is 2. The maximum absolute atomic E-state index is 12.3. The van der Waals surface area contributed by atoms with E-state index in [4.69, 9.17) is 14.2 Å². The van der Waals surface area contributed by atoms with Gasteiger partial charge in [0, 0.05) is 12.6 Å². The van der Waals surface area contributed by atoms with E-state index in [1.54, 1.807) is 6.07 Å². The number of ether oxygens (including phenoxy) is 3. The Morgan fingerprint density at radius 3 is 2.36 bits per heavy atom. The van der Waals surface area contributed by atoms with Crippen LogP contribution in [0.15, 0.2) is 48.5 Å². The first-order chi connectivity index (χ1) is 13.4.